The zero-order chi connectivity index (χ0) is 21.0. The highest BCUT2D eigenvalue weighted by atomic mass is 32.2. The lowest BCUT2D eigenvalue weighted by Gasteiger charge is -2.04. The van der Waals surface area contributed by atoms with Crippen molar-refractivity contribution >= 4 is 68.1 Å². The van der Waals surface area contributed by atoms with Crippen LogP contribution in [-0.4, -0.2) is 32.1 Å². The van der Waals surface area contributed by atoms with Gasteiger partial charge in [-0.15, -0.1) is 10.2 Å². The lowest BCUT2D eigenvalue weighted by atomic mass is 10.1. The van der Waals surface area contributed by atoms with E-state index in [0.29, 0.717) is 0 Å². The number of carbonyl (C=O) groups excluding carboxylic acids is 1. The molecule has 0 aliphatic rings. The Kier molecular flexibility index (Phi) is 5.88. The van der Waals surface area contributed by atoms with Crippen LogP contribution < -0.4 is 5.32 Å². The van der Waals surface area contributed by atoms with Crippen LogP contribution in [0.25, 0.3) is 21.7 Å². The van der Waals surface area contributed by atoms with Crippen molar-refractivity contribution < 1.29 is 4.79 Å². The molecule has 0 aliphatic carbocycles. The largest absolute Gasteiger partial charge is 0.325 e. The fourth-order valence-corrected chi connectivity index (χ4v) is 6.03. The van der Waals surface area contributed by atoms with Crippen molar-refractivity contribution in [2.24, 2.45) is 0 Å². The number of benzene rings is 3. The van der Waals surface area contributed by atoms with Crippen molar-refractivity contribution in [2.75, 3.05) is 11.1 Å². The van der Waals surface area contributed by atoms with Gasteiger partial charge >= 0.3 is 0 Å². The lowest BCUT2D eigenvalue weighted by Crippen LogP contribution is -2.13. The molecule has 0 radical (unpaired) electrons. The van der Waals surface area contributed by atoms with Gasteiger partial charge < -0.3 is 5.32 Å². The van der Waals surface area contributed by atoms with Gasteiger partial charge in [-0.2, -0.15) is 5.10 Å². The summed E-state index contributed by atoms with van der Waals surface area (Å²) in [6, 6.07) is 20.4. The number of carbonyl (C=O) groups is 1. The van der Waals surface area contributed by atoms with Crippen LogP contribution in [0.1, 0.15) is 5.56 Å². The summed E-state index contributed by atoms with van der Waals surface area (Å²) >= 11 is 4.59. The van der Waals surface area contributed by atoms with Crippen molar-refractivity contribution in [3.63, 3.8) is 0 Å². The van der Waals surface area contributed by atoms with Crippen LogP contribution in [0, 0.1) is 0 Å². The Labute approximate surface area is 190 Å². The van der Waals surface area contributed by atoms with Crippen LogP contribution in [-0.2, 0) is 10.5 Å². The van der Waals surface area contributed by atoms with Gasteiger partial charge in [-0.3, -0.25) is 9.89 Å². The van der Waals surface area contributed by atoms with E-state index >= 15 is 0 Å². The van der Waals surface area contributed by atoms with Crippen LogP contribution in [0.2, 0.25) is 0 Å². The van der Waals surface area contributed by atoms with E-state index in [2.05, 4.69) is 68.2 Å². The number of hydrogen-bond donors (Lipinski definition) is 2. The number of H-pyrrole nitrogens is 1. The highest BCUT2D eigenvalue weighted by Crippen LogP contribution is 2.32. The number of aromatic amines is 1. The van der Waals surface area contributed by atoms with E-state index < -0.39 is 0 Å². The Morgan fingerprint density at radius 3 is 2.74 bits per heavy atom. The third kappa shape index (κ3) is 4.73. The van der Waals surface area contributed by atoms with Crippen molar-refractivity contribution in [3.05, 3.63) is 72.4 Å². The summed E-state index contributed by atoms with van der Waals surface area (Å²) in [5, 5.41) is 21.8. The maximum atomic E-state index is 12.3. The number of rotatable bonds is 7. The van der Waals surface area contributed by atoms with Crippen LogP contribution in [0.3, 0.4) is 0 Å². The second kappa shape index (κ2) is 9.09. The van der Waals surface area contributed by atoms with E-state index in [1.54, 1.807) is 18.0 Å². The van der Waals surface area contributed by atoms with Crippen molar-refractivity contribution in [2.45, 2.75) is 14.4 Å². The molecule has 2 heterocycles. The standard InChI is InChI=1S/C22H17N5OS3/c28-20(24-17-9-8-15-11-23-25-19(15)10-17)13-30-22-27-26-21(31-22)29-12-16-6-3-5-14-4-1-2-7-18(14)16/h1-11H,12-13H2,(H,23,25)(H,24,28). The lowest BCUT2D eigenvalue weighted by molar-refractivity contribution is -0.113. The molecule has 5 aromatic rings. The molecule has 0 atom stereocenters. The maximum absolute atomic E-state index is 12.3. The molecule has 31 heavy (non-hydrogen) atoms. The molecule has 0 aliphatic heterocycles. The minimum atomic E-state index is -0.0796. The summed E-state index contributed by atoms with van der Waals surface area (Å²) in [7, 11) is 0. The van der Waals surface area contributed by atoms with E-state index in [9.17, 15) is 4.79 Å². The van der Waals surface area contributed by atoms with Crippen LogP contribution in [0.5, 0.6) is 0 Å². The third-order valence-corrected chi connectivity index (χ3v) is 7.91. The van der Waals surface area contributed by atoms with Crippen molar-refractivity contribution in [1.29, 1.82) is 0 Å². The molecule has 154 valence electrons. The Morgan fingerprint density at radius 2 is 1.81 bits per heavy atom. The first-order valence-corrected chi connectivity index (χ1v) is 12.3. The molecule has 0 spiro atoms. The number of thioether (sulfide) groups is 2. The van der Waals surface area contributed by atoms with E-state index in [-0.39, 0.29) is 11.7 Å². The Morgan fingerprint density at radius 1 is 0.968 bits per heavy atom. The normalized spacial score (nSPS) is 11.2. The van der Waals surface area contributed by atoms with Gasteiger partial charge in [-0.1, -0.05) is 77.3 Å². The van der Waals surface area contributed by atoms with Gasteiger partial charge in [0.25, 0.3) is 0 Å². The van der Waals surface area contributed by atoms with Crippen LogP contribution in [0.15, 0.2) is 75.5 Å². The summed E-state index contributed by atoms with van der Waals surface area (Å²) in [6.45, 7) is 0. The minimum absolute atomic E-state index is 0.0796. The summed E-state index contributed by atoms with van der Waals surface area (Å²) in [5.74, 6) is 1.03. The van der Waals surface area contributed by atoms with Gasteiger partial charge in [0.1, 0.15) is 0 Å². The van der Waals surface area contributed by atoms with Gasteiger partial charge in [-0.25, -0.2) is 0 Å². The number of anilines is 1. The second-order valence-electron chi connectivity index (χ2n) is 6.77. The zero-order valence-corrected chi connectivity index (χ0v) is 18.7. The Bertz CT molecular complexity index is 1360. The predicted octanol–water partition coefficient (Wildman–Crippen LogP) is 5.59. The van der Waals surface area contributed by atoms with Gasteiger partial charge in [-0.05, 0) is 34.5 Å². The molecule has 1 amide bonds. The predicted molar refractivity (Wildman–Crippen MR) is 129 cm³/mol. The molecule has 0 fully saturated rings. The average molecular weight is 464 g/mol. The highest BCUT2D eigenvalue weighted by Gasteiger charge is 2.10. The monoisotopic (exact) mass is 463 g/mol. The summed E-state index contributed by atoms with van der Waals surface area (Å²) in [4.78, 5) is 12.3. The first kappa shape index (κ1) is 20.0. The fraction of sp³-hybridized carbons (Fsp3) is 0.0909. The molecule has 0 unspecified atom stereocenters. The van der Waals surface area contributed by atoms with Gasteiger partial charge in [0.2, 0.25) is 5.91 Å². The van der Waals surface area contributed by atoms with E-state index in [1.807, 2.05) is 18.2 Å². The Hall–Kier alpha value is -2.88. The quantitative estimate of drug-likeness (QED) is 0.306. The number of nitrogens with one attached hydrogen (secondary N) is 2. The second-order valence-corrected chi connectivity index (χ2v) is 10.2. The van der Waals surface area contributed by atoms with Gasteiger partial charge in [0, 0.05) is 16.8 Å². The molecule has 3 aromatic carbocycles. The summed E-state index contributed by atoms with van der Waals surface area (Å²) < 4.78 is 1.69. The summed E-state index contributed by atoms with van der Waals surface area (Å²) in [6.07, 6.45) is 1.75. The van der Waals surface area contributed by atoms with Crippen LogP contribution in [0.4, 0.5) is 5.69 Å². The van der Waals surface area contributed by atoms with E-state index in [0.717, 1.165) is 31.0 Å². The SMILES string of the molecule is O=C(CSc1nnc(SCc2cccc3ccccc23)s1)Nc1ccc2cn[nH]c2c1. The first-order valence-electron chi connectivity index (χ1n) is 9.53. The molecule has 6 nitrogen and oxygen atoms in total. The molecule has 5 rings (SSSR count). The molecular weight excluding hydrogens is 446 g/mol. The minimum Gasteiger partial charge on any atom is -0.325 e. The molecular formula is C22H17N5OS3. The number of aromatic nitrogens is 4. The smallest absolute Gasteiger partial charge is 0.234 e. The van der Waals surface area contributed by atoms with Gasteiger partial charge in [0.05, 0.1) is 17.5 Å². The van der Waals surface area contributed by atoms with Crippen molar-refractivity contribution in [1.82, 2.24) is 20.4 Å². The molecule has 0 saturated carbocycles. The fourth-order valence-electron chi connectivity index (χ4n) is 3.21. The third-order valence-electron chi connectivity index (χ3n) is 4.67. The topological polar surface area (TPSA) is 83.6 Å². The number of hydrogen-bond acceptors (Lipinski definition) is 7. The maximum Gasteiger partial charge on any atom is 0.234 e. The Balaban J connectivity index is 1.15. The number of amides is 1. The average Bonchev–Trinajstić information content (AvgIpc) is 3.45. The highest BCUT2D eigenvalue weighted by molar-refractivity contribution is 8.03. The van der Waals surface area contributed by atoms with Crippen LogP contribution >= 0.6 is 34.9 Å². The van der Waals surface area contributed by atoms with Crippen molar-refractivity contribution in [3.8, 4) is 0 Å². The van der Waals surface area contributed by atoms with Gasteiger partial charge in [0.15, 0.2) is 8.68 Å². The molecule has 0 saturated heterocycles. The molecule has 2 N–H and O–H groups in total. The molecule has 2 aromatic heterocycles. The molecule has 9 heteroatoms. The summed E-state index contributed by atoms with van der Waals surface area (Å²) in [5.41, 5.74) is 2.91. The number of nitrogens with zero attached hydrogens (tertiary/aromatic N) is 3. The van der Waals surface area contributed by atoms with E-state index in [4.69, 9.17) is 0 Å². The zero-order valence-electron chi connectivity index (χ0n) is 16.2. The number of fused-ring (bicyclic) bond motifs is 2. The van der Waals surface area contributed by atoms with E-state index in [1.165, 1.54) is 39.4 Å². The first-order chi connectivity index (χ1) is 15.2. The molecule has 0 bridgehead atoms.